The molecular weight excluding hydrogens is 424 g/mol. The fourth-order valence-corrected chi connectivity index (χ4v) is 5.25. The van der Waals surface area contributed by atoms with Gasteiger partial charge in [-0.2, -0.15) is 11.1 Å². The van der Waals surface area contributed by atoms with Gasteiger partial charge in [0.15, 0.2) is 5.60 Å². The number of ether oxygens (including phenoxy) is 1. The monoisotopic (exact) mass is 450 g/mol. The lowest BCUT2D eigenvalue weighted by molar-refractivity contribution is 0.124. The Bertz CT molecular complexity index is 1250. The number of methoxy groups -OCH3 is 1. The molecule has 9 heteroatoms. The van der Waals surface area contributed by atoms with E-state index in [4.69, 9.17) is 9.72 Å². The smallest absolute Gasteiger partial charge is 0.168 e. The lowest BCUT2D eigenvalue weighted by atomic mass is 9.87. The number of pyridine rings is 1. The van der Waals surface area contributed by atoms with Crippen molar-refractivity contribution in [2.75, 3.05) is 7.11 Å². The molecule has 4 aromatic rings. The quantitative estimate of drug-likeness (QED) is 0.308. The van der Waals surface area contributed by atoms with E-state index in [0.717, 1.165) is 32.2 Å². The molecule has 0 spiro atoms. The van der Waals surface area contributed by atoms with Crippen molar-refractivity contribution in [1.82, 2.24) is 31.3 Å². The van der Waals surface area contributed by atoms with Crippen LogP contribution in [0.25, 0.3) is 5.65 Å². The van der Waals surface area contributed by atoms with Gasteiger partial charge in [0.05, 0.1) is 7.11 Å². The summed E-state index contributed by atoms with van der Waals surface area (Å²) in [5, 5.41) is 12.3. The van der Waals surface area contributed by atoms with E-state index in [1.807, 2.05) is 66.1 Å². The zero-order valence-electron chi connectivity index (χ0n) is 18.1. The molecule has 1 saturated heterocycles. The van der Waals surface area contributed by atoms with Crippen molar-refractivity contribution in [1.29, 1.82) is 0 Å². The van der Waals surface area contributed by atoms with Gasteiger partial charge in [0.2, 0.25) is 0 Å². The van der Waals surface area contributed by atoms with E-state index in [2.05, 4.69) is 28.8 Å². The second kappa shape index (κ2) is 8.28. The first-order valence-corrected chi connectivity index (χ1v) is 11.3. The SMILES string of the molecule is CCc1c(C(O)(c2ccccc2)c2ccc(C)s2)nc2cc(OC)c(C3NNNN3)cn12. The molecular formula is C23H26N6O2S. The van der Waals surface area contributed by atoms with Crippen LogP contribution in [0, 0.1) is 6.92 Å². The van der Waals surface area contributed by atoms with Gasteiger partial charge in [-0.1, -0.05) is 37.3 Å². The predicted molar refractivity (Wildman–Crippen MR) is 124 cm³/mol. The van der Waals surface area contributed by atoms with E-state index in [1.54, 1.807) is 18.4 Å². The number of rotatable bonds is 6. The Morgan fingerprint density at radius 2 is 1.91 bits per heavy atom. The Morgan fingerprint density at radius 1 is 1.16 bits per heavy atom. The average molecular weight is 451 g/mol. The first-order chi connectivity index (χ1) is 15.6. The number of nitrogens with zero attached hydrogens (tertiary/aromatic N) is 2. The molecule has 5 rings (SSSR count). The summed E-state index contributed by atoms with van der Waals surface area (Å²) in [5.74, 6) is 0.697. The number of benzene rings is 1. The fraction of sp³-hybridized carbons (Fsp3) is 0.261. The van der Waals surface area contributed by atoms with E-state index in [1.165, 1.54) is 0 Å². The predicted octanol–water partition coefficient (Wildman–Crippen LogP) is 2.68. The summed E-state index contributed by atoms with van der Waals surface area (Å²) in [6.07, 6.45) is 2.51. The minimum atomic E-state index is -1.36. The number of fused-ring (bicyclic) bond motifs is 1. The molecule has 1 aliphatic heterocycles. The van der Waals surface area contributed by atoms with E-state index >= 15 is 0 Å². The largest absolute Gasteiger partial charge is 0.496 e. The second-order valence-electron chi connectivity index (χ2n) is 7.74. The average Bonchev–Trinajstić information content (AvgIpc) is 3.57. The van der Waals surface area contributed by atoms with Crippen molar-refractivity contribution < 1.29 is 9.84 Å². The molecule has 0 aliphatic carbocycles. The molecule has 1 atom stereocenters. The number of aliphatic hydroxyl groups is 1. The van der Waals surface area contributed by atoms with Crippen molar-refractivity contribution in [2.45, 2.75) is 32.0 Å². The number of aromatic nitrogens is 2. The van der Waals surface area contributed by atoms with Crippen molar-refractivity contribution in [3.63, 3.8) is 0 Å². The molecule has 0 radical (unpaired) electrons. The zero-order valence-corrected chi connectivity index (χ0v) is 19.0. The first kappa shape index (κ1) is 21.1. The van der Waals surface area contributed by atoms with E-state index in [9.17, 15) is 5.11 Å². The van der Waals surface area contributed by atoms with Gasteiger partial charge in [-0.25, -0.2) is 15.8 Å². The standard InChI is InChI=1S/C23H26N6O2S/c1-4-17-21(23(30,15-8-6-5-7-9-15)19-11-10-14(2)32-19)24-20-12-18(31-3)16(13-29(17)20)22-25-27-28-26-22/h5-13,22,25-28,30H,4H2,1-3H3. The minimum absolute atomic E-state index is 0.196. The lowest BCUT2D eigenvalue weighted by Gasteiger charge is -2.27. The molecule has 0 bridgehead atoms. The van der Waals surface area contributed by atoms with Crippen LogP contribution in [0.2, 0.25) is 0 Å². The molecule has 166 valence electrons. The maximum absolute atomic E-state index is 12.3. The molecule has 0 amide bonds. The number of nitrogens with one attached hydrogen (secondary N) is 4. The lowest BCUT2D eigenvalue weighted by Crippen LogP contribution is -2.33. The first-order valence-electron chi connectivity index (χ1n) is 10.5. The number of hydrogen-bond acceptors (Lipinski definition) is 8. The molecule has 32 heavy (non-hydrogen) atoms. The molecule has 1 aromatic carbocycles. The van der Waals surface area contributed by atoms with Gasteiger partial charge in [0.1, 0.15) is 23.3 Å². The van der Waals surface area contributed by atoms with E-state index < -0.39 is 5.60 Å². The summed E-state index contributed by atoms with van der Waals surface area (Å²) in [4.78, 5) is 6.95. The van der Waals surface area contributed by atoms with E-state index in [-0.39, 0.29) is 6.17 Å². The van der Waals surface area contributed by atoms with Crippen LogP contribution in [0.4, 0.5) is 0 Å². The third-order valence-electron chi connectivity index (χ3n) is 5.84. The topological polar surface area (TPSA) is 94.9 Å². The summed E-state index contributed by atoms with van der Waals surface area (Å²) in [6.45, 7) is 4.13. The number of hydrogen-bond donors (Lipinski definition) is 5. The van der Waals surface area contributed by atoms with Crippen LogP contribution in [-0.4, -0.2) is 21.6 Å². The summed E-state index contributed by atoms with van der Waals surface area (Å²) in [7, 11) is 1.64. The normalized spacial score (nSPS) is 16.5. The van der Waals surface area contributed by atoms with Gasteiger partial charge in [-0.3, -0.25) is 0 Å². The highest BCUT2D eigenvalue weighted by atomic mass is 32.1. The Labute approximate surface area is 190 Å². The Balaban J connectivity index is 1.77. The van der Waals surface area contributed by atoms with Gasteiger partial charge in [0.25, 0.3) is 0 Å². The van der Waals surface area contributed by atoms with Crippen LogP contribution >= 0.6 is 11.3 Å². The van der Waals surface area contributed by atoms with Crippen molar-refractivity contribution >= 4 is 17.0 Å². The van der Waals surface area contributed by atoms with Crippen LogP contribution in [0.3, 0.4) is 0 Å². The summed E-state index contributed by atoms with van der Waals surface area (Å²) < 4.78 is 7.70. The van der Waals surface area contributed by atoms with Crippen LogP contribution in [-0.2, 0) is 12.0 Å². The Hall–Kier alpha value is -2.79. The molecule has 3 aromatic heterocycles. The summed E-state index contributed by atoms with van der Waals surface area (Å²) in [6, 6.07) is 15.7. The zero-order chi connectivity index (χ0) is 22.3. The fourth-order valence-electron chi connectivity index (χ4n) is 4.27. The summed E-state index contributed by atoms with van der Waals surface area (Å²) in [5.41, 5.74) is 14.5. The maximum Gasteiger partial charge on any atom is 0.168 e. The molecule has 1 aliphatic rings. The van der Waals surface area contributed by atoms with Crippen LogP contribution in [0.15, 0.2) is 54.7 Å². The van der Waals surface area contributed by atoms with Crippen molar-refractivity contribution in [2.24, 2.45) is 0 Å². The van der Waals surface area contributed by atoms with Crippen LogP contribution < -0.4 is 26.7 Å². The highest BCUT2D eigenvalue weighted by molar-refractivity contribution is 7.12. The number of thiophene rings is 1. The van der Waals surface area contributed by atoms with Gasteiger partial charge in [-0.05, 0) is 31.0 Å². The highest BCUT2D eigenvalue weighted by Gasteiger charge is 2.40. The van der Waals surface area contributed by atoms with Gasteiger partial charge < -0.3 is 14.2 Å². The van der Waals surface area contributed by atoms with Gasteiger partial charge in [-0.15, -0.1) is 11.3 Å². The summed E-state index contributed by atoms with van der Waals surface area (Å²) >= 11 is 1.58. The molecule has 1 unspecified atom stereocenters. The molecule has 8 nitrogen and oxygen atoms in total. The minimum Gasteiger partial charge on any atom is -0.496 e. The maximum atomic E-state index is 12.3. The molecule has 4 heterocycles. The van der Waals surface area contributed by atoms with E-state index in [0.29, 0.717) is 17.9 Å². The molecule has 0 saturated carbocycles. The number of imidazole rings is 1. The molecule has 1 fully saturated rings. The number of hydrazine groups is 3. The van der Waals surface area contributed by atoms with Crippen LogP contribution in [0.1, 0.15) is 45.4 Å². The Kier molecular flexibility index (Phi) is 5.46. The van der Waals surface area contributed by atoms with Crippen LogP contribution in [0.5, 0.6) is 5.75 Å². The van der Waals surface area contributed by atoms with Gasteiger partial charge in [0, 0.05) is 33.3 Å². The number of aryl methyl sites for hydroxylation is 2. The third-order valence-corrected chi connectivity index (χ3v) is 6.95. The Morgan fingerprint density at radius 3 is 2.53 bits per heavy atom. The van der Waals surface area contributed by atoms with Gasteiger partial charge >= 0.3 is 0 Å². The van der Waals surface area contributed by atoms with Crippen molar-refractivity contribution in [3.05, 3.63) is 87.0 Å². The highest BCUT2D eigenvalue weighted by Crippen LogP contribution is 2.42. The third kappa shape index (κ3) is 3.30. The second-order valence-corrected chi connectivity index (χ2v) is 9.03. The van der Waals surface area contributed by atoms with Crippen molar-refractivity contribution in [3.8, 4) is 5.75 Å². The molecule has 5 N–H and O–H groups in total.